The Kier molecular flexibility index (Phi) is 10.8. The molecular weight excluding hydrogens is 746 g/mol. The molecule has 19 nitrogen and oxygen atoms in total. The van der Waals surface area contributed by atoms with Crippen molar-refractivity contribution in [2.45, 2.75) is 47.3 Å². The second-order valence-electron chi connectivity index (χ2n) is 13.1. The first-order valence-electron chi connectivity index (χ1n) is 16.3. The number of thioether (sulfide) groups is 2. The summed E-state index contributed by atoms with van der Waals surface area (Å²) in [6.45, 7) is 2.38. The Hall–Kier alpha value is -4.61. The number of quaternary nitrogens is 1. The number of piperidine rings is 1. The van der Waals surface area contributed by atoms with E-state index in [2.05, 4.69) is 26.4 Å². The SMILES string of the molecule is CNC1NC(C(=NOC(CC(=O)O)C(=O)O)C(=O)NC2C(=O)N3C(C(=O)O)=C4C[N+]5(CCNC(O)c6cc(O)c(O)c(F)c6)CCC(C5)C4SC23)=CS1. The lowest BCUT2D eigenvalue weighted by atomic mass is 9.90. The van der Waals surface area contributed by atoms with Crippen molar-refractivity contribution >= 4 is 59.0 Å². The van der Waals surface area contributed by atoms with Crippen molar-refractivity contribution in [2.24, 2.45) is 11.1 Å². The number of amides is 2. The number of nitrogens with one attached hydrogen (secondary N) is 4. The molecule has 1 aromatic carbocycles. The van der Waals surface area contributed by atoms with E-state index in [0.29, 0.717) is 36.2 Å². The number of benzene rings is 1. The third kappa shape index (κ3) is 7.46. The molecule has 8 unspecified atom stereocenters. The Labute approximate surface area is 308 Å². The molecule has 1 aromatic rings. The zero-order valence-electron chi connectivity index (χ0n) is 27.9. The fraction of sp³-hybridized carbons (Fsp3) is 0.484. The maximum atomic E-state index is 13.9. The lowest BCUT2D eigenvalue weighted by molar-refractivity contribution is -0.915. The number of aromatic hydroxyl groups is 2. The van der Waals surface area contributed by atoms with E-state index >= 15 is 0 Å². The summed E-state index contributed by atoms with van der Waals surface area (Å²) in [4.78, 5) is 68.8. The smallest absolute Gasteiger partial charge is 0.352 e. The van der Waals surface area contributed by atoms with Crippen LogP contribution in [0.2, 0.25) is 0 Å². The molecule has 8 atom stereocenters. The van der Waals surface area contributed by atoms with Gasteiger partial charge in [0.1, 0.15) is 35.4 Å². The van der Waals surface area contributed by atoms with Crippen LogP contribution < -0.4 is 21.3 Å². The topological polar surface area (TPSA) is 280 Å². The van der Waals surface area contributed by atoms with Gasteiger partial charge in [-0.05, 0) is 19.2 Å². The van der Waals surface area contributed by atoms with Crippen LogP contribution in [0.15, 0.2) is 39.7 Å². The quantitative estimate of drug-likeness (QED) is 0.0249. The Balaban J connectivity index is 1.17. The zero-order chi connectivity index (χ0) is 38.4. The second kappa shape index (κ2) is 15.0. The number of carbonyl (C=O) groups excluding carboxylic acids is 2. The average molecular weight is 783 g/mol. The number of hydrogen-bond acceptors (Lipinski definition) is 15. The number of carboxylic acid groups (broad SMARTS) is 3. The summed E-state index contributed by atoms with van der Waals surface area (Å²) in [5.41, 5.74) is -0.296. The van der Waals surface area contributed by atoms with Gasteiger partial charge in [0.05, 0.1) is 31.8 Å². The summed E-state index contributed by atoms with van der Waals surface area (Å²) in [6, 6.07) is 0.768. The second-order valence-corrected chi connectivity index (χ2v) is 15.4. The predicted molar refractivity (Wildman–Crippen MR) is 183 cm³/mol. The van der Waals surface area contributed by atoms with Gasteiger partial charge in [-0.2, -0.15) is 0 Å². The summed E-state index contributed by atoms with van der Waals surface area (Å²) < 4.78 is 14.4. The first kappa shape index (κ1) is 38.1. The van der Waals surface area contributed by atoms with Crippen LogP contribution >= 0.6 is 23.5 Å². The predicted octanol–water partition coefficient (Wildman–Crippen LogP) is -1.24. The molecule has 0 aromatic heterocycles. The molecule has 0 aliphatic carbocycles. The van der Waals surface area contributed by atoms with Gasteiger partial charge in [-0.3, -0.25) is 29.9 Å². The van der Waals surface area contributed by atoms with Gasteiger partial charge in [0, 0.05) is 40.7 Å². The molecule has 2 amide bonds. The van der Waals surface area contributed by atoms with E-state index in [4.69, 9.17) is 9.94 Å². The number of fused-ring (bicyclic) bond motifs is 5. The first-order chi connectivity index (χ1) is 25.1. The highest BCUT2D eigenvalue weighted by Crippen LogP contribution is 2.52. The van der Waals surface area contributed by atoms with Crippen molar-refractivity contribution in [1.82, 2.24) is 26.2 Å². The number of halogens is 1. The number of β-lactam (4-membered cyclic amide) rings is 1. The maximum Gasteiger partial charge on any atom is 0.352 e. The molecule has 10 N–H and O–H groups in total. The minimum Gasteiger partial charge on any atom is -0.504 e. The Morgan fingerprint density at radius 2 is 1.96 bits per heavy atom. The maximum absolute atomic E-state index is 13.9. The minimum atomic E-state index is -1.91. The molecule has 3 fully saturated rings. The molecule has 5 aliphatic heterocycles. The number of carboxylic acids is 3. The number of rotatable bonds is 15. The van der Waals surface area contributed by atoms with Crippen molar-refractivity contribution in [3.63, 3.8) is 0 Å². The normalized spacial score (nSPS) is 28.5. The highest BCUT2D eigenvalue weighted by atomic mass is 32.2. The first-order valence-corrected chi connectivity index (χ1v) is 18.2. The van der Waals surface area contributed by atoms with E-state index in [1.54, 1.807) is 7.05 Å². The molecule has 0 saturated carbocycles. The van der Waals surface area contributed by atoms with Crippen LogP contribution in [0.1, 0.15) is 24.6 Å². The number of hydrogen-bond donors (Lipinski definition) is 10. The zero-order valence-corrected chi connectivity index (χ0v) is 29.5. The molecule has 22 heteroatoms. The molecule has 2 bridgehead atoms. The van der Waals surface area contributed by atoms with Crippen molar-refractivity contribution in [3.8, 4) is 11.5 Å². The standard InChI is InChI=1S/C31H36FN7O12S2/c1-33-31-35-16(11-52-31)20(37-51-18(29(47)48)8-19(41)42)26(45)36-21-27(46)38-22(30(49)50)14-10-39(4-2-12(9-39)24(14)53-28(21)38)5-3-34-25(44)13-6-15(32)23(43)17(40)7-13/h6-7,11-12,18,21,24-25,28,31,33-35,44H,2-5,8-10H2,1H3,(H5-,36,37,40,41,42,43,45,47,48,49,50)/p+1. The summed E-state index contributed by atoms with van der Waals surface area (Å²) in [7, 11) is 1.64. The number of nitrogens with zero attached hydrogens (tertiary/aromatic N) is 3. The van der Waals surface area contributed by atoms with Crippen molar-refractivity contribution in [1.29, 1.82) is 0 Å². The van der Waals surface area contributed by atoms with Crippen molar-refractivity contribution in [3.05, 3.63) is 45.9 Å². The fourth-order valence-corrected chi connectivity index (χ4v) is 9.80. The number of aliphatic hydroxyl groups excluding tert-OH is 1. The highest BCUT2D eigenvalue weighted by molar-refractivity contribution is 8.03. The molecule has 0 radical (unpaired) electrons. The third-order valence-corrected chi connectivity index (χ3v) is 12.5. The van der Waals surface area contributed by atoms with Crippen LogP contribution in [-0.2, 0) is 28.8 Å². The lowest BCUT2D eigenvalue weighted by Gasteiger charge is -2.54. The van der Waals surface area contributed by atoms with Crippen molar-refractivity contribution < 1.29 is 68.3 Å². The molecule has 3 saturated heterocycles. The Bertz CT molecular complexity index is 1810. The van der Waals surface area contributed by atoms with Gasteiger partial charge in [-0.25, -0.2) is 14.0 Å². The van der Waals surface area contributed by atoms with E-state index in [-0.39, 0.29) is 34.7 Å². The van der Waals surface area contributed by atoms with E-state index in [9.17, 15) is 53.9 Å². The Morgan fingerprint density at radius 3 is 2.60 bits per heavy atom. The summed E-state index contributed by atoms with van der Waals surface area (Å²) >= 11 is 2.59. The van der Waals surface area contributed by atoms with E-state index in [0.717, 1.165) is 23.5 Å². The van der Waals surface area contributed by atoms with Crippen LogP contribution in [0.25, 0.3) is 0 Å². The number of aliphatic hydroxyl groups is 1. The highest BCUT2D eigenvalue weighted by Gasteiger charge is 2.61. The number of phenolic OH excluding ortho intramolecular Hbond substituents is 2. The van der Waals surface area contributed by atoms with Gasteiger partial charge in [-0.15, -0.1) is 11.8 Å². The summed E-state index contributed by atoms with van der Waals surface area (Å²) in [5, 5.41) is 74.1. The largest absolute Gasteiger partial charge is 0.504 e. The van der Waals surface area contributed by atoms with Gasteiger partial charge in [0.15, 0.2) is 23.0 Å². The van der Waals surface area contributed by atoms with Crippen LogP contribution in [0.4, 0.5) is 4.39 Å². The van der Waals surface area contributed by atoms with Gasteiger partial charge in [0.2, 0.25) is 6.10 Å². The molecule has 286 valence electrons. The number of phenols is 2. The van der Waals surface area contributed by atoms with Crippen LogP contribution in [0.3, 0.4) is 0 Å². The minimum absolute atomic E-state index is 0.00480. The molecule has 53 heavy (non-hydrogen) atoms. The monoisotopic (exact) mass is 782 g/mol. The van der Waals surface area contributed by atoms with E-state index < -0.39 is 88.4 Å². The molecular formula is C31H37FN7O12S2+. The molecule has 6 rings (SSSR count). The van der Waals surface area contributed by atoms with Crippen LogP contribution in [0.5, 0.6) is 11.5 Å². The molecule has 5 aliphatic rings. The number of carbonyl (C=O) groups is 5. The van der Waals surface area contributed by atoms with E-state index in [1.807, 2.05) is 0 Å². The van der Waals surface area contributed by atoms with Gasteiger partial charge < -0.3 is 50.6 Å². The molecule has 0 spiro atoms. The summed E-state index contributed by atoms with van der Waals surface area (Å²) in [5.74, 6) is -8.73. The van der Waals surface area contributed by atoms with E-state index in [1.165, 1.54) is 28.9 Å². The fourth-order valence-electron chi connectivity index (χ4n) is 7.25. The van der Waals surface area contributed by atoms with Crippen LogP contribution in [0, 0.1) is 11.7 Å². The average Bonchev–Trinajstić information content (AvgIpc) is 3.72. The molecule has 5 heterocycles. The van der Waals surface area contributed by atoms with Gasteiger partial charge in [-0.1, -0.05) is 16.9 Å². The Morgan fingerprint density at radius 1 is 1.21 bits per heavy atom. The summed E-state index contributed by atoms with van der Waals surface area (Å²) in [6.07, 6.45) is -3.47. The lowest BCUT2D eigenvalue weighted by Crippen LogP contribution is -2.72. The number of oxime groups is 1. The third-order valence-electron chi connectivity index (χ3n) is 9.79. The van der Waals surface area contributed by atoms with Crippen molar-refractivity contribution in [2.75, 3.05) is 39.8 Å². The van der Waals surface area contributed by atoms with Gasteiger partial charge in [0.25, 0.3) is 11.8 Å². The number of aliphatic carboxylic acids is 3. The van der Waals surface area contributed by atoms with Crippen LogP contribution in [-0.4, -0.2) is 143 Å². The van der Waals surface area contributed by atoms with Gasteiger partial charge >= 0.3 is 17.9 Å².